The van der Waals surface area contributed by atoms with Crippen molar-refractivity contribution in [1.29, 1.82) is 0 Å². The summed E-state index contributed by atoms with van der Waals surface area (Å²) in [7, 11) is -4.67. The van der Waals surface area contributed by atoms with Crippen molar-refractivity contribution in [2.75, 3.05) is 0 Å². The van der Waals surface area contributed by atoms with Crippen molar-refractivity contribution in [3.05, 3.63) is 56.0 Å². The van der Waals surface area contributed by atoms with E-state index in [9.17, 15) is 0 Å². The standard InChI is InChI=1S/C6H6.C3H5.Na.H2O4S/c1-2-4-6-5-3-1;1-3-2;;1-5(2,3)4/h1-6H;3H,1-2H2;;(H2,1,2,3,4)/q;-1;+1;. The van der Waals surface area contributed by atoms with E-state index in [4.69, 9.17) is 17.5 Å². The third kappa shape index (κ3) is 57.7. The third-order valence-electron chi connectivity index (χ3n) is 0.667. The van der Waals surface area contributed by atoms with Crippen LogP contribution in [-0.4, -0.2) is 17.5 Å². The molecule has 0 amide bonds. The van der Waals surface area contributed by atoms with Crippen molar-refractivity contribution < 1.29 is 47.1 Å². The average Bonchev–Trinajstić information content (AvgIpc) is 2.06. The summed E-state index contributed by atoms with van der Waals surface area (Å²) in [6.45, 7) is 6.50. The van der Waals surface area contributed by atoms with Crippen LogP contribution in [0.25, 0.3) is 0 Å². The zero-order valence-corrected chi connectivity index (χ0v) is 11.4. The van der Waals surface area contributed by atoms with Gasteiger partial charge in [-0.05, 0) is 0 Å². The monoisotopic (exact) mass is 240 g/mol. The van der Waals surface area contributed by atoms with Gasteiger partial charge < -0.3 is 0 Å². The molecule has 15 heavy (non-hydrogen) atoms. The van der Waals surface area contributed by atoms with Crippen molar-refractivity contribution >= 4 is 10.4 Å². The fraction of sp³-hybridized carbons (Fsp3) is 0. The van der Waals surface area contributed by atoms with Crippen LogP contribution >= 0.6 is 0 Å². The molecule has 0 atom stereocenters. The first-order valence-electron chi connectivity index (χ1n) is 3.51. The van der Waals surface area contributed by atoms with Gasteiger partial charge in [-0.3, -0.25) is 9.11 Å². The van der Waals surface area contributed by atoms with Crippen LogP contribution in [0.4, 0.5) is 0 Å². The van der Waals surface area contributed by atoms with Crippen LogP contribution in [0.3, 0.4) is 0 Å². The van der Waals surface area contributed by atoms with E-state index in [0.717, 1.165) is 0 Å². The molecule has 1 aromatic carbocycles. The largest absolute Gasteiger partial charge is 1.00 e. The first-order valence-corrected chi connectivity index (χ1v) is 4.91. The molecule has 0 fully saturated rings. The molecule has 4 nitrogen and oxygen atoms in total. The number of hydrogen-bond donors (Lipinski definition) is 2. The fourth-order valence-electron chi connectivity index (χ4n) is 0.385. The van der Waals surface area contributed by atoms with Crippen LogP contribution in [0.5, 0.6) is 0 Å². The van der Waals surface area contributed by atoms with Gasteiger partial charge in [-0.15, -0.1) is 0 Å². The summed E-state index contributed by atoms with van der Waals surface area (Å²) in [5.74, 6) is 0. The second kappa shape index (κ2) is 13.7. The first kappa shape index (κ1) is 20.2. The first-order chi connectivity index (χ1) is 6.41. The Morgan fingerprint density at radius 3 is 1.13 bits per heavy atom. The predicted molar refractivity (Wildman–Crippen MR) is 56.2 cm³/mol. The maximum absolute atomic E-state index is 8.74. The Balaban J connectivity index is -0.000000148. The van der Waals surface area contributed by atoms with E-state index < -0.39 is 10.4 Å². The molecular weight excluding hydrogens is 227 g/mol. The second-order valence-electron chi connectivity index (χ2n) is 1.89. The summed E-state index contributed by atoms with van der Waals surface area (Å²) in [5.41, 5.74) is 0. The molecule has 0 spiro atoms. The fourth-order valence-corrected chi connectivity index (χ4v) is 0.385. The number of allylic oxidation sites excluding steroid dienone is 1. The van der Waals surface area contributed by atoms with Crippen molar-refractivity contribution in [3.63, 3.8) is 0 Å². The van der Waals surface area contributed by atoms with E-state index >= 15 is 0 Å². The van der Waals surface area contributed by atoms with Crippen LogP contribution in [-0.2, 0) is 10.4 Å². The molecule has 0 aliphatic carbocycles. The minimum absolute atomic E-state index is 0. The SMILES string of the molecule is C=C[CH2-].O=S(=O)(O)O.[Na+].c1ccccc1. The van der Waals surface area contributed by atoms with E-state index in [1.807, 2.05) is 36.4 Å². The molecule has 6 heteroatoms. The Bertz CT molecular complexity index is 275. The molecule has 0 saturated heterocycles. The van der Waals surface area contributed by atoms with Gasteiger partial charge in [0.25, 0.3) is 0 Å². The second-order valence-corrected chi connectivity index (χ2v) is 2.79. The Hall–Kier alpha value is -0.300. The number of hydrogen-bond acceptors (Lipinski definition) is 2. The van der Waals surface area contributed by atoms with Gasteiger partial charge in [-0.1, -0.05) is 36.4 Å². The zero-order chi connectivity index (χ0) is 11.4. The molecule has 1 rings (SSSR count). The number of rotatable bonds is 0. The molecule has 0 saturated carbocycles. The van der Waals surface area contributed by atoms with Gasteiger partial charge in [0.1, 0.15) is 0 Å². The Morgan fingerprint density at radius 1 is 1.00 bits per heavy atom. The summed E-state index contributed by atoms with van der Waals surface area (Å²) in [6.07, 6.45) is 1.50. The Kier molecular flexibility index (Phi) is 18.4. The van der Waals surface area contributed by atoms with Gasteiger partial charge >= 0.3 is 40.0 Å². The van der Waals surface area contributed by atoms with E-state index in [-0.39, 0.29) is 29.6 Å². The molecule has 0 bridgehead atoms. The van der Waals surface area contributed by atoms with Crippen LogP contribution in [0.1, 0.15) is 0 Å². The van der Waals surface area contributed by atoms with E-state index in [1.54, 1.807) is 0 Å². The van der Waals surface area contributed by atoms with Gasteiger partial charge in [-0.25, -0.2) is 19.6 Å². The summed E-state index contributed by atoms with van der Waals surface area (Å²) < 4.78 is 31.6. The molecule has 80 valence electrons. The number of benzene rings is 1. The molecule has 0 aliphatic rings. The topological polar surface area (TPSA) is 74.6 Å². The average molecular weight is 240 g/mol. The van der Waals surface area contributed by atoms with Crippen LogP contribution in [0, 0.1) is 6.92 Å². The van der Waals surface area contributed by atoms with Gasteiger partial charge in [-0.2, -0.15) is 8.42 Å². The van der Waals surface area contributed by atoms with E-state index in [0.29, 0.717) is 0 Å². The summed E-state index contributed by atoms with van der Waals surface area (Å²) >= 11 is 0. The minimum atomic E-state index is -4.67. The smallest absolute Gasteiger partial charge is 0.264 e. The Labute approximate surface area is 113 Å². The predicted octanol–water partition coefficient (Wildman–Crippen LogP) is -0.956. The summed E-state index contributed by atoms with van der Waals surface area (Å²) in [5, 5.41) is 0. The quantitative estimate of drug-likeness (QED) is 0.348. The van der Waals surface area contributed by atoms with Crippen molar-refractivity contribution in [3.8, 4) is 0 Å². The van der Waals surface area contributed by atoms with E-state index in [2.05, 4.69) is 13.5 Å². The van der Waals surface area contributed by atoms with Crippen molar-refractivity contribution in [2.45, 2.75) is 0 Å². The van der Waals surface area contributed by atoms with Gasteiger partial charge in [0.2, 0.25) is 0 Å². The van der Waals surface area contributed by atoms with Crippen LogP contribution in [0.2, 0.25) is 0 Å². The normalized spacial score (nSPS) is 7.87. The molecule has 0 aromatic heterocycles. The summed E-state index contributed by atoms with van der Waals surface area (Å²) in [4.78, 5) is 0. The van der Waals surface area contributed by atoms with Crippen LogP contribution < -0.4 is 29.6 Å². The molecular formula is C9H13NaO4S. The van der Waals surface area contributed by atoms with Crippen molar-refractivity contribution in [2.24, 2.45) is 0 Å². The molecule has 0 unspecified atom stereocenters. The molecule has 2 N–H and O–H groups in total. The van der Waals surface area contributed by atoms with Gasteiger partial charge in [0.05, 0.1) is 0 Å². The third-order valence-corrected chi connectivity index (χ3v) is 0.667. The molecule has 0 aliphatic heterocycles. The van der Waals surface area contributed by atoms with Gasteiger partial charge in [0, 0.05) is 0 Å². The minimum Gasteiger partial charge on any atom is -0.264 e. The van der Waals surface area contributed by atoms with E-state index in [1.165, 1.54) is 6.08 Å². The molecule has 0 radical (unpaired) electrons. The zero-order valence-electron chi connectivity index (χ0n) is 8.57. The maximum atomic E-state index is 8.74. The van der Waals surface area contributed by atoms with Gasteiger partial charge in [0.15, 0.2) is 0 Å². The summed E-state index contributed by atoms with van der Waals surface area (Å²) in [6, 6.07) is 12.0. The van der Waals surface area contributed by atoms with Crippen LogP contribution in [0.15, 0.2) is 49.1 Å². The maximum Gasteiger partial charge on any atom is 1.00 e. The van der Waals surface area contributed by atoms with Crippen molar-refractivity contribution in [1.82, 2.24) is 0 Å². The Morgan fingerprint density at radius 2 is 1.07 bits per heavy atom. The molecule has 1 aromatic rings. The molecule has 0 heterocycles.